The Balaban J connectivity index is 1.83. The van der Waals surface area contributed by atoms with Crippen LogP contribution in [0.2, 0.25) is 0 Å². The highest BCUT2D eigenvalue weighted by atomic mass is 16.5. The van der Waals surface area contributed by atoms with E-state index in [9.17, 15) is 0 Å². The average Bonchev–Trinajstić information content (AvgIpc) is 2.71. The smallest absolute Gasteiger partial charge is 0.119 e. The number of benzene rings is 1. The quantitative estimate of drug-likeness (QED) is 0.351. The summed E-state index contributed by atoms with van der Waals surface area (Å²) in [7, 11) is 0. The molecule has 2 rings (SSSR count). The Kier molecular flexibility index (Phi) is 9.89. The van der Waals surface area contributed by atoms with Crippen LogP contribution < -0.4 is 4.74 Å². The molecule has 0 aliphatic carbocycles. The minimum absolute atomic E-state index is 0.479. The zero-order chi connectivity index (χ0) is 19.3. The van der Waals surface area contributed by atoms with Gasteiger partial charge in [-0.15, -0.1) is 0 Å². The Bertz CT molecular complexity index is 622. The van der Waals surface area contributed by atoms with Gasteiger partial charge >= 0.3 is 0 Å². The van der Waals surface area contributed by atoms with E-state index in [0.29, 0.717) is 5.92 Å². The lowest BCUT2D eigenvalue weighted by molar-refractivity contribution is 0.305. The summed E-state index contributed by atoms with van der Waals surface area (Å²) in [5.74, 6) is 1.41. The number of unbranched alkanes of at least 4 members (excludes halogenated alkanes) is 6. The van der Waals surface area contributed by atoms with Crippen LogP contribution in [-0.2, 0) is 0 Å². The largest absolute Gasteiger partial charge is 0.494 e. The topological polar surface area (TPSA) is 35.0 Å². The van der Waals surface area contributed by atoms with E-state index >= 15 is 0 Å². The van der Waals surface area contributed by atoms with Crippen LogP contribution >= 0.6 is 0 Å². The molecule has 1 atom stereocenters. The van der Waals surface area contributed by atoms with Gasteiger partial charge in [0.15, 0.2) is 0 Å². The SMILES string of the molecule is CCCCCCOc1ccc(-c2ccc(C(C)CCCCCC)nn2)cc1. The predicted molar refractivity (Wildman–Crippen MR) is 114 cm³/mol. The van der Waals surface area contributed by atoms with Crippen LogP contribution in [-0.4, -0.2) is 16.8 Å². The number of rotatable bonds is 13. The van der Waals surface area contributed by atoms with E-state index in [1.165, 1.54) is 51.4 Å². The van der Waals surface area contributed by atoms with Gasteiger partial charge in [0.25, 0.3) is 0 Å². The molecule has 148 valence electrons. The second kappa shape index (κ2) is 12.5. The van der Waals surface area contributed by atoms with Crippen LogP contribution in [0.5, 0.6) is 5.75 Å². The first-order valence-corrected chi connectivity index (χ1v) is 10.8. The normalized spacial score (nSPS) is 12.1. The molecule has 3 heteroatoms. The molecule has 2 aromatic rings. The highest BCUT2D eigenvalue weighted by Crippen LogP contribution is 2.24. The molecule has 0 saturated heterocycles. The minimum atomic E-state index is 0.479. The summed E-state index contributed by atoms with van der Waals surface area (Å²) in [6.07, 6.45) is 11.3. The van der Waals surface area contributed by atoms with Crippen LogP contribution in [0.3, 0.4) is 0 Å². The van der Waals surface area contributed by atoms with Crippen molar-refractivity contribution in [2.45, 2.75) is 84.5 Å². The van der Waals surface area contributed by atoms with Gasteiger partial charge in [0, 0.05) is 11.5 Å². The molecular formula is C24H36N2O. The van der Waals surface area contributed by atoms with E-state index in [4.69, 9.17) is 4.74 Å². The molecule has 3 nitrogen and oxygen atoms in total. The van der Waals surface area contributed by atoms with Crippen LogP contribution in [0.4, 0.5) is 0 Å². The molecule has 1 aromatic heterocycles. The highest BCUT2D eigenvalue weighted by molar-refractivity contribution is 5.59. The monoisotopic (exact) mass is 368 g/mol. The Morgan fingerprint density at radius 1 is 0.778 bits per heavy atom. The molecule has 1 aromatic carbocycles. The molecule has 0 spiro atoms. The van der Waals surface area contributed by atoms with Crippen LogP contribution in [0.1, 0.15) is 90.2 Å². The Morgan fingerprint density at radius 2 is 1.48 bits per heavy atom. The Morgan fingerprint density at radius 3 is 2.11 bits per heavy atom. The van der Waals surface area contributed by atoms with Gasteiger partial charge in [-0.25, -0.2) is 0 Å². The van der Waals surface area contributed by atoms with Gasteiger partial charge in [-0.3, -0.25) is 0 Å². The molecule has 0 saturated carbocycles. The third-order valence-corrected chi connectivity index (χ3v) is 5.10. The first-order valence-electron chi connectivity index (χ1n) is 10.8. The maximum atomic E-state index is 5.81. The van der Waals surface area contributed by atoms with Crippen molar-refractivity contribution in [1.29, 1.82) is 0 Å². The maximum Gasteiger partial charge on any atom is 0.119 e. The van der Waals surface area contributed by atoms with Crippen molar-refractivity contribution in [3.63, 3.8) is 0 Å². The number of hydrogen-bond acceptors (Lipinski definition) is 3. The van der Waals surface area contributed by atoms with Gasteiger partial charge in [0.1, 0.15) is 5.75 Å². The minimum Gasteiger partial charge on any atom is -0.494 e. The van der Waals surface area contributed by atoms with Crippen molar-refractivity contribution in [2.75, 3.05) is 6.61 Å². The summed E-state index contributed by atoms with van der Waals surface area (Å²) in [5.41, 5.74) is 3.11. The van der Waals surface area contributed by atoms with E-state index < -0.39 is 0 Å². The van der Waals surface area contributed by atoms with Crippen LogP contribution in [0.15, 0.2) is 36.4 Å². The summed E-state index contributed by atoms with van der Waals surface area (Å²) in [6, 6.07) is 12.4. The van der Waals surface area contributed by atoms with Gasteiger partial charge in [0.05, 0.1) is 18.0 Å². The summed E-state index contributed by atoms with van der Waals surface area (Å²) in [6.45, 7) is 7.52. The maximum absolute atomic E-state index is 5.81. The van der Waals surface area contributed by atoms with Gasteiger partial charge in [0.2, 0.25) is 0 Å². The number of ether oxygens (including phenoxy) is 1. The zero-order valence-electron chi connectivity index (χ0n) is 17.4. The first kappa shape index (κ1) is 21.4. The van der Waals surface area contributed by atoms with Crippen LogP contribution in [0, 0.1) is 0 Å². The third kappa shape index (κ3) is 7.70. The predicted octanol–water partition coefficient (Wildman–Crippen LogP) is 7.18. The molecule has 1 unspecified atom stereocenters. The van der Waals surface area contributed by atoms with Gasteiger partial charge in [-0.1, -0.05) is 65.7 Å². The van der Waals surface area contributed by atoms with Gasteiger partial charge in [-0.2, -0.15) is 10.2 Å². The molecule has 0 aliphatic rings. The number of hydrogen-bond donors (Lipinski definition) is 0. The molecule has 0 N–H and O–H groups in total. The van der Waals surface area contributed by atoms with Crippen molar-refractivity contribution in [3.8, 4) is 17.0 Å². The van der Waals surface area contributed by atoms with Gasteiger partial charge in [-0.05, 0) is 49.2 Å². The molecular weight excluding hydrogens is 332 g/mol. The van der Waals surface area contributed by atoms with Crippen molar-refractivity contribution in [2.24, 2.45) is 0 Å². The lowest BCUT2D eigenvalue weighted by Crippen LogP contribution is -2.00. The second-order valence-electron chi connectivity index (χ2n) is 7.53. The van der Waals surface area contributed by atoms with Crippen molar-refractivity contribution >= 4 is 0 Å². The molecule has 27 heavy (non-hydrogen) atoms. The molecule has 1 heterocycles. The zero-order valence-corrected chi connectivity index (χ0v) is 17.4. The Hall–Kier alpha value is -1.90. The van der Waals surface area contributed by atoms with E-state index in [0.717, 1.165) is 35.7 Å². The second-order valence-corrected chi connectivity index (χ2v) is 7.53. The fourth-order valence-corrected chi connectivity index (χ4v) is 3.23. The van der Waals surface area contributed by atoms with Crippen molar-refractivity contribution in [3.05, 3.63) is 42.1 Å². The van der Waals surface area contributed by atoms with E-state index in [1.807, 2.05) is 12.1 Å². The Labute approximate surface area is 165 Å². The summed E-state index contributed by atoms with van der Waals surface area (Å²) >= 11 is 0. The molecule has 0 fully saturated rings. The fourth-order valence-electron chi connectivity index (χ4n) is 3.23. The molecule has 0 bridgehead atoms. The van der Waals surface area contributed by atoms with E-state index in [-0.39, 0.29) is 0 Å². The lowest BCUT2D eigenvalue weighted by atomic mass is 9.99. The standard InChI is InChI=1S/C24H36N2O/c1-4-6-8-10-12-20(3)23-17-18-24(26-25-23)21-13-15-22(16-14-21)27-19-11-9-7-5-2/h13-18,20H,4-12,19H2,1-3H3. The summed E-state index contributed by atoms with van der Waals surface area (Å²) in [4.78, 5) is 0. The van der Waals surface area contributed by atoms with Crippen molar-refractivity contribution < 1.29 is 4.74 Å². The molecule has 0 amide bonds. The number of aromatic nitrogens is 2. The lowest BCUT2D eigenvalue weighted by Gasteiger charge is -2.11. The van der Waals surface area contributed by atoms with Crippen LogP contribution in [0.25, 0.3) is 11.3 Å². The van der Waals surface area contributed by atoms with Gasteiger partial charge < -0.3 is 4.74 Å². The summed E-state index contributed by atoms with van der Waals surface area (Å²) < 4.78 is 5.81. The highest BCUT2D eigenvalue weighted by Gasteiger charge is 2.09. The summed E-state index contributed by atoms with van der Waals surface area (Å²) in [5, 5.41) is 8.92. The van der Waals surface area contributed by atoms with E-state index in [2.05, 4.69) is 55.2 Å². The third-order valence-electron chi connectivity index (χ3n) is 5.10. The molecule has 0 aliphatic heterocycles. The number of nitrogens with zero attached hydrogens (tertiary/aromatic N) is 2. The molecule has 0 radical (unpaired) electrons. The fraction of sp³-hybridized carbons (Fsp3) is 0.583. The first-order chi connectivity index (χ1) is 13.2. The van der Waals surface area contributed by atoms with E-state index in [1.54, 1.807) is 0 Å². The average molecular weight is 369 g/mol. The van der Waals surface area contributed by atoms with Crippen molar-refractivity contribution in [1.82, 2.24) is 10.2 Å².